The molecule has 0 amide bonds. The molecule has 0 saturated carbocycles. The summed E-state index contributed by atoms with van der Waals surface area (Å²) in [4.78, 5) is 4.58. The van der Waals surface area contributed by atoms with Gasteiger partial charge in [0, 0.05) is 38.5 Å². The second-order valence-corrected chi connectivity index (χ2v) is 5.76. The Labute approximate surface area is 123 Å². The zero-order valence-electron chi connectivity index (χ0n) is 12.0. The summed E-state index contributed by atoms with van der Waals surface area (Å²) in [5.74, 6) is 0. The molecule has 0 radical (unpaired) electrons. The van der Waals surface area contributed by atoms with Crippen LogP contribution in [-0.4, -0.2) is 11.9 Å². The summed E-state index contributed by atoms with van der Waals surface area (Å²) in [6.45, 7) is 9.98. The molecule has 0 aliphatic carbocycles. The largest absolute Gasteiger partial charge is 0.308 e. The van der Waals surface area contributed by atoms with Crippen LogP contribution < -0.4 is 0 Å². The summed E-state index contributed by atoms with van der Waals surface area (Å²) in [6, 6.07) is 8.26. The third-order valence-electron chi connectivity index (χ3n) is 3.17. The number of fused-ring (bicyclic) bond motifs is 1. The van der Waals surface area contributed by atoms with Gasteiger partial charge >= 0.3 is 0 Å². The molecule has 2 aromatic rings. The van der Waals surface area contributed by atoms with E-state index in [-0.39, 0.29) is 0 Å². The van der Waals surface area contributed by atoms with Gasteiger partial charge in [0.05, 0.1) is 5.70 Å². The summed E-state index contributed by atoms with van der Waals surface area (Å²) in [7, 11) is 0. The normalized spacial score (nSPS) is 11.4. The van der Waals surface area contributed by atoms with Gasteiger partial charge in [-0.1, -0.05) is 30.4 Å². The Bertz CT molecular complexity index is 728. The highest BCUT2D eigenvalue weighted by Crippen LogP contribution is 2.30. The lowest BCUT2D eigenvalue weighted by atomic mass is 10.1. The monoisotopic (exact) mass is 282 g/mol. The number of nitrogens with zero attached hydrogens (tertiary/aromatic N) is 1. The van der Waals surface area contributed by atoms with E-state index in [1.165, 1.54) is 16.3 Å². The molecule has 0 atom stereocenters. The molecule has 20 heavy (non-hydrogen) atoms. The Morgan fingerprint density at radius 3 is 2.60 bits per heavy atom. The SMILES string of the molecule is C=C(N=C(C)C(C=N)=C(C)C)c1csc2ccccc12. The van der Waals surface area contributed by atoms with E-state index in [2.05, 4.69) is 29.1 Å². The van der Waals surface area contributed by atoms with Crippen LogP contribution in [0.2, 0.25) is 0 Å². The van der Waals surface area contributed by atoms with E-state index < -0.39 is 0 Å². The van der Waals surface area contributed by atoms with Gasteiger partial charge in [-0.25, -0.2) is 0 Å². The second kappa shape index (κ2) is 5.97. The maximum absolute atomic E-state index is 7.48. The van der Waals surface area contributed by atoms with E-state index in [9.17, 15) is 0 Å². The zero-order valence-corrected chi connectivity index (χ0v) is 12.8. The van der Waals surface area contributed by atoms with Crippen LogP contribution in [0.3, 0.4) is 0 Å². The Balaban J connectivity index is 2.42. The lowest BCUT2D eigenvalue weighted by molar-refractivity contribution is 1.36. The minimum absolute atomic E-state index is 0.751. The first-order valence-corrected chi connectivity index (χ1v) is 7.31. The summed E-state index contributed by atoms with van der Waals surface area (Å²) >= 11 is 1.70. The smallest absolute Gasteiger partial charge is 0.0648 e. The van der Waals surface area contributed by atoms with E-state index in [1.807, 2.05) is 32.9 Å². The number of thiophene rings is 1. The van der Waals surface area contributed by atoms with Gasteiger partial charge in [0.1, 0.15) is 0 Å². The van der Waals surface area contributed by atoms with Crippen LogP contribution in [0.4, 0.5) is 0 Å². The molecule has 0 unspecified atom stereocenters. The number of allylic oxidation sites excluding steroid dienone is 2. The standard InChI is InChI=1S/C17H18N2S/c1-11(2)15(9-18)12(3)19-13(4)16-10-20-17-8-6-5-7-14(16)17/h5-10,18H,4H2,1-3H3. The minimum Gasteiger partial charge on any atom is -0.308 e. The van der Waals surface area contributed by atoms with Crippen LogP contribution >= 0.6 is 11.3 Å². The molecule has 3 heteroatoms. The number of aliphatic imine (C=N–C) groups is 1. The fraction of sp³-hybridized carbons (Fsp3) is 0.176. The average molecular weight is 282 g/mol. The van der Waals surface area contributed by atoms with Crippen molar-refractivity contribution in [2.24, 2.45) is 4.99 Å². The fourth-order valence-electron chi connectivity index (χ4n) is 2.13. The summed E-state index contributed by atoms with van der Waals surface area (Å²) in [6.07, 6.45) is 1.35. The number of benzene rings is 1. The van der Waals surface area contributed by atoms with Crippen molar-refractivity contribution in [1.29, 1.82) is 5.41 Å². The van der Waals surface area contributed by atoms with Crippen LogP contribution in [0.25, 0.3) is 15.8 Å². The first-order valence-electron chi connectivity index (χ1n) is 6.43. The van der Waals surface area contributed by atoms with Crippen molar-refractivity contribution in [3.63, 3.8) is 0 Å². The van der Waals surface area contributed by atoms with Crippen LogP contribution in [0, 0.1) is 5.41 Å². The predicted octanol–water partition coefficient (Wildman–Crippen LogP) is 5.32. The van der Waals surface area contributed by atoms with Gasteiger partial charge in [0.25, 0.3) is 0 Å². The number of hydrogen-bond donors (Lipinski definition) is 1. The first kappa shape index (κ1) is 14.4. The molecule has 0 spiro atoms. The topological polar surface area (TPSA) is 36.2 Å². The second-order valence-electron chi connectivity index (χ2n) is 4.85. The van der Waals surface area contributed by atoms with Crippen LogP contribution in [0.15, 0.2) is 52.4 Å². The lowest BCUT2D eigenvalue weighted by Gasteiger charge is -2.05. The fourth-order valence-corrected chi connectivity index (χ4v) is 3.10. The van der Waals surface area contributed by atoms with E-state index in [0.29, 0.717) is 0 Å². The van der Waals surface area contributed by atoms with Gasteiger partial charge < -0.3 is 5.41 Å². The molecule has 0 aliphatic rings. The van der Waals surface area contributed by atoms with Crippen molar-refractivity contribution < 1.29 is 0 Å². The number of nitrogens with one attached hydrogen (secondary N) is 1. The average Bonchev–Trinajstić information content (AvgIpc) is 2.82. The Hall–Kier alpha value is -2.00. The molecule has 1 aromatic carbocycles. The van der Waals surface area contributed by atoms with Gasteiger partial charge in [-0.05, 0) is 26.8 Å². The third kappa shape index (κ3) is 2.78. The summed E-state index contributed by atoms with van der Waals surface area (Å²) < 4.78 is 1.24. The van der Waals surface area contributed by atoms with Crippen LogP contribution in [0.1, 0.15) is 26.3 Å². The van der Waals surface area contributed by atoms with E-state index in [0.717, 1.165) is 28.1 Å². The Morgan fingerprint density at radius 1 is 1.25 bits per heavy atom. The molecule has 2 rings (SSSR count). The highest BCUT2D eigenvalue weighted by Gasteiger charge is 2.08. The summed E-state index contributed by atoms with van der Waals surface area (Å²) in [5.41, 5.74) is 4.61. The van der Waals surface area contributed by atoms with Gasteiger partial charge in [-0.3, -0.25) is 4.99 Å². The quantitative estimate of drug-likeness (QED) is 0.737. The number of hydrogen-bond acceptors (Lipinski definition) is 3. The van der Waals surface area contributed by atoms with Crippen molar-refractivity contribution in [1.82, 2.24) is 0 Å². The number of rotatable bonds is 4. The first-order chi connectivity index (χ1) is 9.54. The third-order valence-corrected chi connectivity index (χ3v) is 4.13. The van der Waals surface area contributed by atoms with Crippen LogP contribution in [0.5, 0.6) is 0 Å². The molecule has 2 nitrogen and oxygen atoms in total. The molecule has 1 N–H and O–H groups in total. The van der Waals surface area contributed by atoms with Crippen LogP contribution in [-0.2, 0) is 0 Å². The molecule has 0 aliphatic heterocycles. The molecule has 0 saturated heterocycles. The van der Waals surface area contributed by atoms with Crippen molar-refractivity contribution in [2.75, 3.05) is 0 Å². The molecule has 0 fully saturated rings. The van der Waals surface area contributed by atoms with Gasteiger partial charge in [-0.15, -0.1) is 11.3 Å². The summed E-state index contributed by atoms with van der Waals surface area (Å²) in [5, 5.41) is 10.8. The highest BCUT2D eigenvalue weighted by molar-refractivity contribution is 7.17. The highest BCUT2D eigenvalue weighted by atomic mass is 32.1. The van der Waals surface area contributed by atoms with Gasteiger partial charge in [0.15, 0.2) is 0 Å². The van der Waals surface area contributed by atoms with Gasteiger partial charge in [0.2, 0.25) is 0 Å². The molecular formula is C17H18N2S. The zero-order chi connectivity index (χ0) is 14.7. The maximum atomic E-state index is 7.48. The Morgan fingerprint density at radius 2 is 1.95 bits per heavy atom. The molecule has 102 valence electrons. The Kier molecular flexibility index (Phi) is 4.30. The molecule has 1 aromatic heterocycles. The van der Waals surface area contributed by atoms with E-state index >= 15 is 0 Å². The lowest BCUT2D eigenvalue weighted by Crippen LogP contribution is -2.01. The van der Waals surface area contributed by atoms with Crippen molar-refractivity contribution in [2.45, 2.75) is 20.8 Å². The molecule has 0 bridgehead atoms. The molecular weight excluding hydrogens is 264 g/mol. The minimum atomic E-state index is 0.751. The van der Waals surface area contributed by atoms with Crippen molar-refractivity contribution in [3.8, 4) is 0 Å². The maximum Gasteiger partial charge on any atom is 0.0648 e. The van der Waals surface area contributed by atoms with E-state index in [4.69, 9.17) is 5.41 Å². The molecule has 1 heterocycles. The predicted molar refractivity (Wildman–Crippen MR) is 91.1 cm³/mol. The van der Waals surface area contributed by atoms with E-state index in [1.54, 1.807) is 11.3 Å². The van der Waals surface area contributed by atoms with Crippen molar-refractivity contribution in [3.05, 3.63) is 52.9 Å². The van der Waals surface area contributed by atoms with Gasteiger partial charge in [-0.2, -0.15) is 0 Å². The van der Waals surface area contributed by atoms with Crippen molar-refractivity contribution >= 4 is 39.0 Å².